The average Bonchev–Trinajstić information content (AvgIpc) is 3.31. The molecule has 1 aromatic carbocycles. The Morgan fingerprint density at radius 1 is 1.29 bits per heavy atom. The monoisotopic (exact) mass is 343 g/mol. The molecule has 0 spiro atoms. The van der Waals surface area contributed by atoms with Crippen LogP contribution in [0, 0.1) is 0 Å². The molecule has 0 radical (unpaired) electrons. The quantitative estimate of drug-likeness (QED) is 0.717. The van der Waals surface area contributed by atoms with Crippen molar-refractivity contribution in [3.63, 3.8) is 0 Å². The van der Waals surface area contributed by atoms with Gasteiger partial charge in [0.15, 0.2) is 0 Å². The fourth-order valence-electron chi connectivity index (χ4n) is 3.34. The fourth-order valence-corrected chi connectivity index (χ4v) is 3.47. The Morgan fingerprint density at radius 3 is 2.79 bits per heavy atom. The van der Waals surface area contributed by atoms with Crippen molar-refractivity contribution in [2.24, 2.45) is 0 Å². The lowest BCUT2D eigenvalue weighted by Crippen LogP contribution is -2.41. The Labute approximate surface area is 145 Å². The van der Waals surface area contributed by atoms with Crippen molar-refractivity contribution in [1.29, 1.82) is 0 Å². The van der Waals surface area contributed by atoms with Gasteiger partial charge in [0, 0.05) is 30.9 Å². The highest BCUT2D eigenvalue weighted by Crippen LogP contribution is 2.47. The van der Waals surface area contributed by atoms with Crippen LogP contribution in [0.2, 0.25) is 5.02 Å². The summed E-state index contributed by atoms with van der Waals surface area (Å²) in [6.07, 6.45) is 7.97. The number of benzene rings is 1. The van der Waals surface area contributed by atoms with Crippen molar-refractivity contribution < 1.29 is 9.25 Å². The summed E-state index contributed by atoms with van der Waals surface area (Å²) in [5.41, 5.74) is 0.708. The highest BCUT2D eigenvalue weighted by atomic mass is 35.5. The van der Waals surface area contributed by atoms with Gasteiger partial charge in [-0.3, -0.25) is 4.84 Å². The standard InChI is InChI=1S/C18H18ClN3O2/c1-21-18(17-3-2-10-23-17,12-22-9-8-20-13-22)11-16(24-21)14-4-6-15(19)7-5-14/h2-10,13,16H,11-12H2,1H3. The van der Waals surface area contributed by atoms with Crippen molar-refractivity contribution >= 4 is 11.6 Å². The van der Waals surface area contributed by atoms with Crippen LogP contribution < -0.4 is 0 Å². The molecule has 0 amide bonds. The molecule has 3 aromatic rings. The molecule has 1 saturated heterocycles. The Bertz CT molecular complexity index is 786. The van der Waals surface area contributed by atoms with E-state index in [0.717, 1.165) is 22.8 Å². The fraction of sp³-hybridized carbons (Fsp3) is 0.278. The molecule has 1 aliphatic rings. The van der Waals surface area contributed by atoms with E-state index in [-0.39, 0.29) is 6.10 Å². The van der Waals surface area contributed by atoms with Gasteiger partial charge in [-0.15, -0.1) is 0 Å². The van der Waals surface area contributed by atoms with Gasteiger partial charge in [0.05, 0.1) is 19.1 Å². The number of furan rings is 1. The number of rotatable bonds is 4. The van der Waals surface area contributed by atoms with Crippen LogP contribution in [0.4, 0.5) is 0 Å². The molecule has 2 aromatic heterocycles. The average molecular weight is 344 g/mol. The number of nitrogens with zero attached hydrogens (tertiary/aromatic N) is 3. The first kappa shape index (κ1) is 15.4. The minimum atomic E-state index is -0.394. The van der Waals surface area contributed by atoms with E-state index in [9.17, 15) is 0 Å². The van der Waals surface area contributed by atoms with Crippen LogP contribution in [-0.2, 0) is 16.9 Å². The zero-order chi connectivity index (χ0) is 16.6. The van der Waals surface area contributed by atoms with Gasteiger partial charge < -0.3 is 8.98 Å². The zero-order valence-corrected chi connectivity index (χ0v) is 14.1. The molecule has 0 saturated carbocycles. The van der Waals surface area contributed by atoms with E-state index in [4.69, 9.17) is 20.9 Å². The minimum absolute atomic E-state index is 0.0547. The van der Waals surface area contributed by atoms with E-state index in [1.165, 1.54) is 0 Å². The smallest absolute Gasteiger partial charge is 0.128 e. The summed E-state index contributed by atoms with van der Waals surface area (Å²) in [6.45, 7) is 0.696. The second-order valence-corrected chi connectivity index (χ2v) is 6.53. The van der Waals surface area contributed by atoms with Gasteiger partial charge >= 0.3 is 0 Å². The molecule has 0 N–H and O–H groups in total. The first-order valence-electron chi connectivity index (χ1n) is 7.83. The SMILES string of the molecule is CN1OC(c2ccc(Cl)cc2)CC1(Cn1ccnc1)c1ccco1. The van der Waals surface area contributed by atoms with Crippen LogP contribution in [0.1, 0.15) is 23.8 Å². The van der Waals surface area contributed by atoms with Crippen molar-refractivity contribution in [3.8, 4) is 0 Å². The highest BCUT2D eigenvalue weighted by molar-refractivity contribution is 6.30. The van der Waals surface area contributed by atoms with E-state index in [1.807, 2.05) is 65.6 Å². The van der Waals surface area contributed by atoms with E-state index >= 15 is 0 Å². The summed E-state index contributed by atoms with van der Waals surface area (Å²) >= 11 is 6.00. The Hall–Kier alpha value is -2.08. The molecule has 5 nitrogen and oxygen atoms in total. The number of hydrogen-bond donors (Lipinski definition) is 0. The number of hydrogen-bond acceptors (Lipinski definition) is 4. The van der Waals surface area contributed by atoms with Crippen molar-refractivity contribution in [2.45, 2.75) is 24.6 Å². The third kappa shape index (κ3) is 2.65. The van der Waals surface area contributed by atoms with Crippen LogP contribution in [0.15, 0.2) is 65.8 Å². The van der Waals surface area contributed by atoms with Gasteiger partial charge in [-0.2, -0.15) is 5.06 Å². The molecular weight excluding hydrogens is 326 g/mol. The Morgan fingerprint density at radius 2 is 2.12 bits per heavy atom. The van der Waals surface area contributed by atoms with Crippen LogP contribution in [0.25, 0.3) is 0 Å². The molecule has 24 heavy (non-hydrogen) atoms. The van der Waals surface area contributed by atoms with Gasteiger partial charge in [-0.1, -0.05) is 23.7 Å². The molecule has 0 bridgehead atoms. The molecule has 2 atom stereocenters. The summed E-state index contributed by atoms with van der Waals surface area (Å²) in [6, 6.07) is 11.7. The van der Waals surface area contributed by atoms with E-state index in [2.05, 4.69) is 4.98 Å². The highest BCUT2D eigenvalue weighted by Gasteiger charge is 2.49. The van der Waals surface area contributed by atoms with Gasteiger partial charge in [0.25, 0.3) is 0 Å². The summed E-state index contributed by atoms with van der Waals surface area (Å²) < 4.78 is 7.82. The van der Waals surface area contributed by atoms with Crippen molar-refractivity contribution in [1.82, 2.24) is 14.6 Å². The lowest BCUT2D eigenvalue weighted by molar-refractivity contribution is -0.180. The first-order valence-corrected chi connectivity index (χ1v) is 8.21. The predicted molar refractivity (Wildman–Crippen MR) is 90.3 cm³/mol. The lowest BCUT2D eigenvalue weighted by Gasteiger charge is -2.32. The minimum Gasteiger partial charge on any atom is -0.467 e. The maximum atomic E-state index is 6.17. The van der Waals surface area contributed by atoms with Crippen LogP contribution in [0.5, 0.6) is 0 Å². The molecular formula is C18H18ClN3O2. The predicted octanol–water partition coefficient (Wildman–Crippen LogP) is 4.03. The maximum absolute atomic E-state index is 6.17. The Balaban J connectivity index is 1.69. The molecule has 0 aliphatic carbocycles. The maximum Gasteiger partial charge on any atom is 0.128 e. The molecule has 4 rings (SSSR count). The van der Waals surface area contributed by atoms with Gasteiger partial charge in [-0.25, -0.2) is 4.98 Å². The zero-order valence-electron chi connectivity index (χ0n) is 13.3. The molecule has 124 valence electrons. The van der Waals surface area contributed by atoms with E-state index < -0.39 is 5.54 Å². The second-order valence-electron chi connectivity index (χ2n) is 6.09. The number of halogens is 1. The van der Waals surface area contributed by atoms with E-state index in [1.54, 1.807) is 12.5 Å². The van der Waals surface area contributed by atoms with Crippen LogP contribution in [-0.4, -0.2) is 21.7 Å². The molecule has 1 fully saturated rings. The molecule has 1 aliphatic heterocycles. The molecule has 6 heteroatoms. The van der Waals surface area contributed by atoms with Gasteiger partial charge in [0.1, 0.15) is 17.4 Å². The van der Waals surface area contributed by atoms with Crippen molar-refractivity contribution in [3.05, 3.63) is 77.7 Å². The third-order valence-corrected chi connectivity index (χ3v) is 4.89. The first-order chi connectivity index (χ1) is 11.7. The van der Waals surface area contributed by atoms with Gasteiger partial charge in [-0.05, 0) is 29.8 Å². The Kier molecular flexibility index (Phi) is 3.92. The summed E-state index contributed by atoms with van der Waals surface area (Å²) in [5.74, 6) is 0.884. The number of likely N-dealkylation sites (N-methyl/N-ethyl adjacent to an activating group) is 1. The lowest BCUT2D eigenvalue weighted by atomic mass is 9.88. The summed E-state index contributed by atoms with van der Waals surface area (Å²) in [5, 5.41) is 2.63. The van der Waals surface area contributed by atoms with E-state index in [0.29, 0.717) is 6.54 Å². The normalized spacial score (nSPS) is 24.5. The largest absolute Gasteiger partial charge is 0.467 e. The summed E-state index contributed by atoms with van der Waals surface area (Å²) in [7, 11) is 1.95. The summed E-state index contributed by atoms with van der Waals surface area (Å²) in [4.78, 5) is 10.3. The van der Waals surface area contributed by atoms with Crippen LogP contribution in [0.3, 0.4) is 0 Å². The molecule has 2 unspecified atom stereocenters. The third-order valence-electron chi connectivity index (χ3n) is 4.64. The van der Waals surface area contributed by atoms with Crippen molar-refractivity contribution in [2.75, 3.05) is 7.05 Å². The second kappa shape index (κ2) is 6.09. The topological polar surface area (TPSA) is 43.4 Å². The van der Waals surface area contributed by atoms with Crippen LogP contribution >= 0.6 is 11.6 Å². The number of imidazole rings is 1. The number of aromatic nitrogens is 2. The molecule has 3 heterocycles. The number of hydroxylamine groups is 2. The van der Waals surface area contributed by atoms with Gasteiger partial charge in [0.2, 0.25) is 0 Å².